The maximum atomic E-state index is 11.9. The first-order valence-electron chi connectivity index (χ1n) is 6.88. The molecule has 7 heteroatoms. The van der Waals surface area contributed by atoms with E-state index in [0.29, 0.717) is 29.8 Å². The van der Waals surface area contributed by atoms with Gasteiger partial charge >= 0.3 is 5.97 Å². The summed E-state index contributed by atoms with van der Waals surface area (Å²) in [6.07, 6.45) is 3.41. The smallest absolute Gasteiger partial charge is 0.345 e. The zero-order valence-electron chi connectivity index (χ0n) is 12.3. The quantitative estimate of drug-likeness (QED) is 0.749. The van der Waals surface area contributed by atoms with E-state index in [-0.39, 0.29) is 0 Å². The number of nitrogens with one attached hydrogen (secondary N) is 1. The number of nitrogen functional groups attached to an aromatic ring is 1. The molecule has 20 heavy (non-hydrogen) atoms. The predicted octanol–water partition coefficient (Wildman–Crippen LogP) is 0.778. The maximum Gasteiger partial charge on any atom is 0.345 e. The van der Waals surface area contributed by atoms with E-state index >= 15 is 0 Å². The Kier molecular flexibility index (Phi) is 4.49. The van der Waals surface area contributed by atoms with Crippen molar-refractivity contribution >= 4 is 17.6 Å². The Morgan fingerprint density at radius 1 is 1.55 bits per heavy atom. The fourth-order valence-electron chi connectivity index (χ4n) is 2.09. The van der Waals surface area contributed by atoms with Gasteiger partial charge in [0.25, 0.3) is 0 Å². The first-order valence-corrected chi connectivity index (χ1v) is 6.88. The van der Waals surface area contributed by atoms with E-state index in [2.05, 4.69) is 10.4 Å². The van der Waals surface area contributed by atoms with Gasteiger partial charge in [-0.15, -0.1) is 0 Å². The number of carbonyl (C=O) groups excluding carboxylic acids is 1. The van der Waals surface area contributed by atoms with Crippen LogP contribution in [-0.2, 0) is 11.3 Å². The maximum absolute atomic E-state index is 11.9. The van der Waals surface area contributed by atoms with Crippen molar-refractivity contribution in [2.24, 2.45) is 0 Å². The Morgan fingerprint density at radius 2 is 2.25 bits per heavy atom. The number of nitrogens with two attached hydrogens (primary N) is 1. The minimum absolute atomic E-state index is 0.346. The van der Waals surface area contributed by atoms with Gasteiger partial charge in [-0.3, -0.25) is 0 Å². The molecule has 1 aromatic rings. The van der Waals surface area contributed by atoms with Crippen molar-refractivity contribution in [3.8, 4) is 0 Å². The van der Waals surface area contributed by atoms with E-state index in [1.807, 2.05) is 19.0 Å². The van der Waals surface area contributed by atoms with Crippen LogP contribution in [0.5, 0.6) is 0 Å². The molecular formula is C13H23N5O2. The van der Waals surface area contributed by atoms with Gasteiger partial charge in [0.05, 0.1) is 13.7 Å². The van der Waals surface area contributed by atoms with E-state index in [1.54, 1.807) is 4.68 Å². The topological polar surface area (TPSA) is 85.4 Å². The summed E-state index contributed by atoms with van der Waals surface area (Å²) in [5.74, 6) is 0.457. The van der Waals surface area contributed by atoms with Crippen LogP contribution < -0.4 is 11.1 Å². The van der Waals surface area contributed by atoms with Crippen LogP contribution in [0.2, 0.25) is 0 Å². The molecule has 0 spiro atoms. The molecular weight excluding hydrogens is 258 g/mol. The van der Waals surface area contributed by atoms with Crippen LogP contribution in [0.3, 0.4) is 0 Å². The zero-order chi connectivity index (χ0) is 14.7. The molecule has 1 aromatic heterocycles. The molecule has 7 nitrogen and oxygen atoms in total. The Hall–Kier alpha value is -1.76. The van der Waals surface area contributed by atoms with Gasteiger partial charge in [-0.1, -0.05) is 0 Å². The molecule has 1 aliphatic rings. The SMILES string of the molecule is COC(=O)c1c(NC2CCC2)nn(CCN(C)C)c1N. The van der Waals surface area contributed by atoms with E-state index in [1.165, 1.54) is 13.5 Å². The number of nitrogens with zero attached hydrogens (tertiary/aromatic N) is 3. The van der Waals surface area contributed by atoms with Crippen molar-refractivity contribution in [1.82, 2.24) is 14.7 Å². The van der Waals surface area contributed by atoms with Crippen LogP contribution in [0, 0.1) is 0 Å². The zero-order valence-corrected chi connectivity index (χ0v) is 12.3. The average Bonchev–Trinajstić information content (AvgIpc) is 2.67. The number of likely N-dealkylation sites (N-methyl/N-ethyl adjacent to an activating group) is 1. The lowest BCUT2D eigenvalue weighted by molar-refractivity contribution is 0.0603. The number of ether oxygens (including phenoxy) is 1. The number of hydrogen-bond acceptors (Lipinski definition) is 6. The van der Waals surface area contributed by atoms with Crippen LogP contribution >= 0.6 is 0 Å². The molecule has 1 saturated carbocycles. The Balaban J connectivity index is 2.22. The molecule has 1 aliphatic carbocycles. The molecule has 0 unspecified atom stereocenters. The first-order chi connectivity index (χ1) is 9.52. The van der Waals surface area contributed by atoms with E-state index < -0.39 is 5.97 Å². The third-order valence-electron chi connectivity index (χ3n) is 3.59. The summed E-state index contributed by atoms with van der Waals surface area (Å²) in [6, 6.07) is 0.384. The van der Waals surface area contributed by atoms with E-state index in [9.17, 15) is 4.79 Å². The largest absolute Gasteiger partial charge is 0.465 e. The minimum atomic E-state index is -0.444. The Labute approximate surface area is 119 Å². The van der Waals surface area contributed by atoms with Crippen molar-refractivity contribution in [2.75, 3.05) is 38.8 Å². The molecule has 3 N–H and O–H groups in total. The van der Waals surface area contributed by atoms with Gasteiger partial charge in [0.1, 0.15) is 11.4 Å². The molecule has 0 saturated heterocycles. The fraction of sp³-hybridized carbons (Fsp3) is 0.692. The van der Waals surface area contributed by atoms with Gasteiger partial charge in [-0.05, 0) is 33.4 Å². The Bertz CT molecular complexity index is 479. The highest BCUT2D eigenvalue weighted by atomic mass is 16.5. The van der Waals surface area contributed by atoms with Gasteiger partial charge < -0.3 is 20.7 Å². The second-order valence-electron chi connectivity index (χ2n) is 5.40. The molecule has 0 aliphatic heterocycles. The van der Waals surface area contributed by atoms with Gasteiger partial charge in [-0.25, -0.2) is 9.48 Å². The normalized spacial score (nSPS) is 15.2. The molecule has 0 radical (unpaired) electrons. The van der Waals surface area contributed by atoms with Crippen molar-refractivity contribution in [2.45, 2.75) is 31.8 Å². The van der Waals surface area contributed by atoms with Crippen LogP contribution in [0.15, 0.2) is 0 Å². The molecule has 0 atom stereocenters. The fourth-order valence-corrected chi connectivity index (χ4v) is 2.09. The molecule has 0 aromatic carbocycles. The number of hydrogen-bond donors (Lipinski definition) is 2. The van der Waals surface area contributed by atoms with Crippen LogP contribution in [0.1, 0.15) is 29.6 Å². The van der Waals surface area contributed by atoms with Crippen LogP contribution in [0.25, 0.3) is 0 Å². The lowest BCUT2D eigenvalue weighted by Gasteiger charge is -2.26. The van der Waals surface area contributed by atoms with Crippen molar-refractivity contribution in [3.05, 3.63) is 5.56 Å². The van der Waals surface area contributed by atoms with Gasteiger partial charge in [0, 0.05) is 12.6 Å². The Morgan fingerprint density at radius 3 is 2.75 bits per heavy atom. The first kappa shape index (κ1) is 14.6. The number of aromatic nitrogens is 2. The summed E-state index contributed by atoms with van der Waals surface area (Å²) in [6.45, 7) is 1.44. The predicted molar refractivity (Wildman–Crippen MR) is 77.8 cm³/mol. The molecule has 112 valence electrons. The summed E-state index contributed by atoms with van der Waals surface area (Å²) in [7, 11) is 5.31. The number of carbonyl (C=O) groups is 1. The van der Waals surface area contributed by atoms with Gasteiger partial charge in [0.2, 0.25) is 0 Å². The van der Waals surface area contributed by atoms with E-state index in [4.69, 9.17) is 10.5 Å². The lowest BCUT2D eigenvalue weighted by atomic mass is 9.93. The lowest BCUT2D eigenvalue weighted by Crippen LogP contribution is -2.28. The summed E-state index contributed by atoms with van der Waals surface area (Å²) in [5, 5.41) is 7.71. The molecule has 1 fully saturated rings. The number of esters is 1. The minimum Gasteiger partial charge on any atom is -0.465 e. The standard InChI is InChI=1S/C13H23N5O2/c1-17(2)7-8-18-11(14)10(13(19)20-3)12(16-18)15-9-5-4-6-9/h9H,4-8,14H2,1-3H3,(H,15,16). The van der Waals surface area contributed by atoms with Crippen molar-refractivity contribution in [3.63, 3.8) is 0 Å². The molecule has 0 amide bonds. The van der Waals surface area contributed by atoms with Crippen LogP contribution in [-0.4, -0.2) is 54.4 Å². The van der Waals surface area contributed by atoms with Crippen LogP contribution in [0.4, 0.5) is 11.6 Å². The molecule has 0 bridgehead atoms. The number of methoxy groups -OCH3 is 1. The second-order valence-corrected chi connectivity index (χ2v) is 5.40. The third kappa shape index (κ3) is 3.04. The number of anilines is 2. The molecule has 2 rings (SSSR count). The second kappa shape index (κ2) is 6.13. The summed E-state index contributed by atoms with van der Waals surface area (Å²) in [4.78, 5) is 13.9. The monoisotopic (exact) mass is 281 g/mol. The van der Waals surface area contributed by atoms with Gasteiger partial charge in [-0.2, -0.15) is 5.10 Å². The van der Waals surface area contributed by atoms with E-state index in [0.717, 1.165) is 19.4 Å². The summed E-state index contributed by atoms with van der Waals surface area (Å²) in [5.41, 5.74) is 6.39. The van der Waals surface area contributed by atoms with Crippen molar-refractivity contribution < 1.29 is 9.53 Å². The highest BCUT2D eigenvalue weighted by Gasteiger charge is 2.26. The number of rotatable bonds is 6. The van der Waals surface area contributed by atoms with Gasteiger partial charge in [0.15, 0.2) is 5.82 Å². The summed E-state index contributed by atoms with van der Waals surface area (Å²) < 4.78 is 6.47. The highest BCUT2D eigenvalue weighted by Crippen LogP contribution is 2.28. The highest BCUT2D eigenvalue weighted by molar-refractivity contribution is 5.99. The van der Waals surface area contributed by atoms with Crippen molar-refractivity contribution in [1.29, 1.82) is 0 Å². The summed E-state index contributed by atoms with van der Waals surface area (Å²) >= 11 is 0. The third-order valence-corrected chi connectivity index (χ3v) is 3.59. The average molecular weight is 281 g/mol. The molecule has 1 heterocycles.